The Morgan fingerprint density at radius 3 is 2.87 bits per heavy atom. The SMILES string of the molecule is Cc1nc(C)n(CC(=O)Nc2ccc3c(c2)N(C)C(=O)CO3)n1. The molecule has 0 spiro atoms. The number of carbonyl (C=O) groups excluding carboxylic acids is 2. The smallest absolute Gasteiger partial charge is 0.264 e. The van der Waals surface area contributed by atoms with Gasteiger partial charge in [-0.15, -0.1) is 0 Å². The molecule has 8 heteroatoms. The number of aryl methyl sites for hydroxylation is 2. The van der Waals surface area contributed by atoms with Crippen LogP contribution in [-0.2, 0) is 16.1 Å². The molecule has 8 nitrogen and oxygen atoms in total. The van der Waals surface area contributed by atoms with Crippen LogP contribution in [0.1, 0.15) is 11.6 Å². The zero-order valence-electron chi connectivity index (χ0n) is 13.2. The van der Waals surface area contributed by atoms with E-state index in [1.54, 1.807) is 43.8 Å². The van der Waals surface area contributed by atoms with Crippen molar-refractivity contribution in [2.75, 3.05) is 23.9 Å². The van der Waals surface area contributed by atoms with Crippen LogP contribution in [0.3, 0.4) is 0 Å². The van der Waals surface area contributed by atoms with E-state index in [4.69, 9.17) is 4.74 Å². The first-order valence-electron chi connectivity index (χ1n) is 7.15. The van der Waals surface area contributed by atoms with Gasteiger partial charge in [0, 0.05) is 12.7 Å². The van der Waals surface area contributed by atoms with E-state index in [1.807, 2.05) is 0 Å². The summed E-state index contributed by atoms with van der Waals surface area (Å²) in [6.45, 7) is 3.68. The molecule has 0 bridgehead atoms. The standard InChI is InChI=1S/C15H17N5O3/c1-9-16-10(2)20(18-9)7-14(21)17-11-4-5-13-12(6-11)19(3)15(22)8-23-13/h4-6H,7-8H2,1-3H3,(H,17,21). The minimum atomic E-state index is -0.219. The first-order chi connectivity index (χ1) is 10.9. The molecule has 23 heavy (non-hydrogen) atoms. The van der Waals surface area contributed by atoms with Crippen LogP contribution in [0.25, 0.3) is 0 Å². The van der Waals surface area contributed by atoms with Crippen LogP contribution in [-0.4, -0.2) is 40.2 Å². The molecule has 1 aliphatic rings. The van der Waals surface area contributed by atoms with E-state index in [2.05, 4.69) is 15.4 Å². The summed E-state index contributed by atoms with van der Waals surface area (Å²) in [5.41, 5.74) is 1.22. The second-order valence-electron chi connectivity index (χ2n) is 5.34. The highest BCUT2D eigenvalue weighted by Crippen LogP contribution is 2.33. The molecule has 3 rings (SSSR count). The van der Waals surface area contributed by atoms with Crippen molar-refractivity contribution >= 4 is 23.2 Å². The number of likely N-dealkylation sites (N-methyl/N-ethyl adjacent to an activating group) is 1. The fourth-order valence-electron chi connectivity index (χ4n) is 2.40. The topological polar surface area (TPSA) is 89.4 Å². The molecule has 1 N–H and O–H groups in total. The Labute approximate surface area is 133 Å². The van der Waals surface area contributed by atoms with Crippen LogP contribution in [0.5, 0.6) is 5.75 Å². The van der Waals surface area contributed by atoms with Crippen LogP contribution in [0.2, 0.25) is 0 Å². The first kappa shape index (κ1) is 15.0. The molecule has 1 aliphatic heterocycles. The van der Waals surface area contributed by atoms with Gasteiger partial charge in [0.25, 0.3) is 5.91 Å². The lowest BCUT2D eigenvalue weighted by Crippen LogP contribution is -2.35. The third-order valence-electron chi connectivity index (χ3n) is 3.59. The third kappa shape index (κ3) is 3.01. The van der Waals surface area contributed by atoms with E-state index in [-0.39, 0.29) is 25.0 Å². The Bertz CT molecular complexity index is 783. The van der Waals surface area contributed by atoms with Crippen molar-refractivity contribution in [3.63, 3.8) is 0 Å². The minimum Gasteiger partial charge on any atom is -0.482 e. The van der Waals surface area contributed by atoms with E-state index >= 15 is 0 Å². The maximum absolute atomic E-state index is 12.1. The van der Waals surface area contributed by atoms with Crippen molar-refractivity contribution in [3.05, 3.63) is 29.8 Å². The lowest BCUT2D eigenvalue weighted by molar-refractivity contribution is -0.121. The van der Waals surface area contributed by atoms with Gasteiger partial charge in [0.05, 0.1) is 5.69 Å². The number of fused-ring (bicyclic) bond motifs is 1. The third-order valence-corrected chi connectivity index (χ3v) is 3.59. The van der Waals surface area contributed by atoms with Crippen LogP contribution in [0.15, 0.2) is 18.2 Å². The molecule has 1 aromatic heterocycles. The zero-order chi connectivity index (χ0) is 16.6. The molecule has 120 valence electrons. The average molecular weight is 315 g/mol. The van der Waals surface area contributed by atoms with Crippen molar-refractivity contribution in [3.8, 4) is 5.75 Å². The summed E-state index contributed by atoms with van der Waals surface area (Å²) in [4.78, 5) is 29.5. The summed E-state index contributed by atoms with van der Waals surface area (Å²) < 4.78 is 6.90. The molecule has 0 aliphatic carbocycles. The van der Waals surface area contributed by atoms with Gasteiger partial charge in [0.1, 0.15) is 23.9 Å². The second-order valence-corrected chi connectivity index (χ2v) is 5.34. The number of anilines is 2. The second kappa shape index (κ2) is 5.71. The zero-order valence-corrected chi connectivity index (χ0v) is 13.2. The molecule has 0 unspecified atom stereocenters. The fraction of sp³-hybridized carbons (Fsp3) is 0.333. The predicted octanol–water partition coefficient (Wildman–Crippen LogP) is 0.889. The van der Waals surface area contributed by atoms with Gasteiger partial charge < -0.3 is 15.0 Å². The molecule has 0 saturated heterocycles. The van der Waals surface area contributed by atoms with Crippen LogP contribution in [0, 0.1) is 13.8 Å². The number of ether oxygens (including phenoxy) is 1. The molecular weight excluding hydrogens is 298 g/mol. The number of aromatic nitrogens is 3. The van der Waals surface area contributed by atoms with Gasteiger partial charge in [-0.2, -0.15) is 5.10 Å². The van der Waals surface area contributed by atoms with Crippen LogP contribution < -0.4 is 15.0 Å². The summed E-state index contributed by atoms with van der Waals surface area (Å²) in [6.07, 6.45) is 0. The summed E-state index contributed by atoms with van der Waals surface area (Å²) in [5.74, 6) is 1.58. The van der Waals surface area contributed by atoms with Crippen molar-refractivity contribution in [1.29, 1.82) is 0 Å². The number of hydrogen-bond donors (Lipinski definition) is 1. The molecule has 0 atom stereocenters. The van der Waals surface area contributed by atoms with Gasteiger partial charge in [0.15, 0.2) is 6.61 Å². The van der Waals surface area contributed by atoms with Crippen molar-refractivity contribution in [2.45, 2.75) is 20.4 Å². The van der Waals surface area contributed by atoms with E-state index in [9.17, 15) is 9.59 Å². The quantitative estimate of drug-likeness (QED) is 0.908. The summed E-state index contributed by atoms with van der Waals surface area (Å²) >= 11 is 0. The van der Waals surface area contributed by atoms with Crippen LogP contribution in [0.4, 0.5) is 11.4 Å². The maximum Gasteiger partial charge on any atom is 0.264 e. The number of benzene rings is 1. The molecular formula is C15H17N5O3. The van der Waals surface area contributed by atoms with Gasteiger partial charge in [0.2, 0.25) is 5.91 Å². The summed E-state index contributed by atoms with van der Waals surface area (Å²) in [5, 5.41) is 6.95. The Morgan fingerprint density at radius 1 is 1.39 bits per heavy atom. The monoisotopic (exact) mass is 315 g/mol. The number of nitrogens with zero attached hydrogens (tertiary/aromatic N) is 4. The highest BCUT2D eigenvalue weighted by molar-refractivity contribution is 5.99. The van der Waals surface area contributed by atoms with Gasteiger partial charge in [-0.1, -0.05) is 0 Å². The Hall–Kier alpha value is -2.90. The average Bonchev–Trinajstić information content (AvgIpc) is 2.81. The normalized spacial score (nSPS) is 13.5. The highest BCUT2D eigenvalue weighted by Gasteiger charge is 2.22. The maximum atomic E-state index is 12.1. The van der Waals surface area contributed by atoms with Crippen LogP contribution >= 0.6 is 0 Å². The first-order valence-corrected chi connectivity index (χ1v) is 7.15. The Balaban J connectivity index is 1.74. The summed E-state index contributed by atoms with van der Waals surface area (Å²) in [6, 6.07) is 5.18. The van der Waals surface area contributed by atoms with E-state index in [0.717, 1.165) is 0 Å². The highest BCUT2D eigenvalue weighted by atomic mass is 16.5. The van der Waals surface area contributed by atoms with Gasteiger partial charge in [-0.25, -0.2) is 9.67 Å². The molecule has 0 saturated carbocycles. The Kier molecular flexibility index (Phi) is 3.73. The van der Waals surface area contributed by atoms with Gasteiger partial charge >= 0.3 is 0 Å². The van der Waals surface area contributed by atoms with Gasteiger partial charge in [-0.05, 0) is 32.0 Å². The van der Waals surface area contributed by atoms with E-state index < -0.39 is 0 Å². The lowest BCUT2D eigenvalue weighted by Gasteiger charge is -2.26. The minimum absolute atomic E-state index is 0.0279. The number of amides is 2. The Morgan fingerprint density at radius 2 is 2.17 bits per heavy atom. The molecule has 2 heterocycles. The van der Waals surface area contributed by atoms with E-state index in [0.29, 0.717) is 28.8 Å². The number of rotatable bonds is 3. The summed E-state index contributed by atoms with van der Waals surface area (Å²) in [7, 11) is 1.68. The number of hydrogen-bond acceptors (Lipinski definition) is 5. The van der Waals surface area contributed by atoms with E-state index in [1.165, 1.54) is 4.90 Å². The number of nitrogens with one attached hydrogen (secondary N) is 1. The fourth-order valence-corrected chi connectivity index (χ4v) is 2.40. The molecule has 0 radical (unpaired) electrons. The van der Waals surface area contributed by atoms with Crippen molar-refractivity contribution in [2.24, 2.45) is 0 Å². The molecule has 1 aromatic carbocycles. The predicted molar refractivity (Wildman–Crippen MR) is 83.5 cm³/mol. The van der Waals surface area contributed by atoms with Gasteiger partial charge in [-0.3, -0.25) is 9.59 Å². The van der Waals surface area contributed by atoms with Crippen molar-refractivity contribution in [1.82, 2.24) is 14.8 Å². The molecule has 2 aromatic rings. The molecule has 0 fully saturated rings. The number of carbonyl (C=O) groups is 2. The molecule has 2 amide bonds. The largest absolute Gasteiger partial charge is 0.482 e. The lowest BCUT2D eigenvalue weighted by atomic mass is 10.2. The van der Waals surface area contributed by atoms with Crippen molar-refractivity contribution < 1.29 is 14.3 Å².